The van der Waals surface area contributed by atoms with Gasteiger partial charge in [-0.25, -0.2) is 4.79 Å². The number of amides is 1. The van der Waals surface area contributed by atoms with Crippen molar-refractivity contribution in [1.29, 1.82) is 0 Å². The van der Waals surface area contributed by atoms with Gasteiger partial charge >= 0.3 is 5.97 Å². The van der Waals surface area contributed by atoms with Crippen LogP contribution in [0.2, 0.25) is 0 Å². The molecule has 13 heavy (non-hydrogen) atoms. The molecule has 0 unspecified atom stereocenters. The minimum Gasteiger partial charge on any atom is -0.370 e. The lowest BCUT2D eigenvalue weighted by Gasteiger charge is -2.12. The fourth-order valence-electron chi connectivity index (χ4n) is 0.834. The van der Waals surface area contributed by atoms with E-state index in [1.165, 1.54) is 11.4 Å². The molecule has 72 valence electrons. The van der Waals surface area contributed by atoms with Crippen molar-refractivity contribution in [3.05, 3.63) is 0 Å². The van der Waals surface area contributed by atoms with Gasteiger partial charge in [0.25, 0.3) is 0 Å². The topological polar surface area (TPSA) is 85.0 Å². The zero-order valence-electron chi connectivity index (χ0n) is 7.10. The SMILES string of the molecule is NC(=O)CCC(=O)ON1C=NCC1. The van der Waals surface area contributed by atoms with Crippen LogP contribution in [0.5, 0.6) is 0 Å². The van der Waals surface area contributed by atoms with Crippen LogP contribution >= 0.6 is 0 Å². The number of carbonyl (C=O) groups is 2. The standard InChI is InChI=1S/C7H11N3O3/c8-6(11)1-2-7(12)13-10-4-3-9-5-10/h5H,1-4H2,(H2,8,11). The van der Waals surface area contributed by atoms with E-state index in [4.69, 9.17) is 10.6 Å². The van der Waals surface area contributed by atoms with Crippen molar-refractivity contribution < 1.29 is 14.4 Å². The van der Waals surface area contributed by atoms with Gasteiger partial charge in [-0.15, -0.1) is 0 Å². The first kappa shape index (κ1) is 9.50. The van der Waals surface area contributed by atoms with Gasteiger partial charge in [0.2, 0.25) is 5.91 Å². The quantitative estimate of drug-likeness (QED) is 0.612. The number of rotatable bonds is 4. The van der Waals surface area contributed by atoms with Crippen molar-refractivity contribution in [2.24, 2.45) is 10.7 Å². The number of aliphatic imine (C=N–C) groups is 1. The van der Waals surface area contributed by atoms with Gasteiger partial charge in [0.1, 0.15) is 6.34 Å². The average Bonchev–Trinajstić information content (AvgIpc) is 2.53. The molecule has 0 spiro atoms. The van der Waals surface area contributed by atoms with E-state index in [0.717, 1.165) is 0 Å². The molecule has 0 saturated heterocycles. The highest BCUT2D eigenvalue weighted by atomic mass is 16.7. The van der Waals surface area contributed by atoms with Gasteiger partial charge in [-0.05, 0) is 0 Å². The van der Waals surface area contributed by atoms with E-state index < -0.39 is 11.9 Å². The maximum absolute atomic E-state index is 11.0. The summed E-state index contributed by atoms with van der Waals surface area (Å²) < 4.78 is 0. The molecule has 0 saturated carbocycles. The van der Waals surface area contributed by atoms with Crippen LogP contribution in [-0.4, -0.2) is 36.4 Å². The molecule has 0 aromatic rings. The van der Waals surface area contributed by atoms with E-state index in [2.05, 4.69) is 4.99 Å². The summed E-state index contributed by atoms with van der Waals surface area (Å²) in [4.78, 5) is 29.9. The minimum absolute atomic E-state index is 0.0136. The molecular formula is C7H11N3O3. The third-order valence-electron chi connectivity index (χ3n) is 1.45. The molecule has 1 rings (SSSR count). The number of nitrogens with zero attached hydrogens (tertiary/aromatic N) is 2. The molecule has 1 aliphatic rings. The summed E-state index contributed by atoms with van der Waals surface area (Å²) >= 11 is 0. The summed E-state index contributed by atoms with van der Waals surface area (Å²) in [5.74, 6) is -0.973. The van der Waals surface area contributed by atoms with E-state index in [1.54, 1.807) is 0 Å². The molecule has 0 aromatic heterocycles. The molecule has 0 aliphatic carbocycles. The first-order valence-electron chi connectivity index (χ1n) is 3.94. The fraction of sp³-hybridized carbons (Fsp3) is 0.571. The van der Waals surface area contributed by atoms with Crippen LogP contribution in [-0.2, 0) is 14.4 Å². The summed E-state index contributed by atoms with van der Waals surface area (Å²) in [7, 11) is 0. The van der Waals surface area contributed by atoms with Crippen LogP contribution < -0.4 is 5.73 Å². The van der Waals surface area contributed by atoms with Crippen LogP contribution in [0.15, 0.2) is 4.99 Å². The first-order valence-corrected chi connectivity index (χ1v) is 3.94. The number of carbonyl (C=O) groups excluding carboxylic acids is 2. The second-order valence-corrected chi connectivity index (χ2v) is 2.59. The maximum atomic E-state index is 11.0. The van der Waals surface area contributed by atoms with Crippen molar-refractivity contribution in [3.8, 4) is 0 Å². The van der Waals surface area contributed by atoms with Crippen molar-refractivity contribution in [3.63, 3.8) is 0 Å². The van der Waals surface area contributed by atoms with Gasteiger partial charge in [0.05, 0.1) is 19.5 Å². The predicted octanol–water partition coefficient (Wildman–Crippen LogP) is -0.946. The highest BCUT2D eigenvalue weighted by molar-refractivity contribution is 5.80. The third kappa shape index (κ3) is 3.55. The van der Waals surface area contributed by atoms with Crippen molar-refractivity contribution in [2.75, 3.05) is 13.1 Å². The summed E-state index contributed by atoms with van der Waals surface area (Å²) in [6.45, 7) is 1.20. The predicted molar refractivity (Wildman–Crippen MR) is 44.6 cm³/mol. The molecule has 2 N–H and O–H groups in total. The zero-order valence-corrected chi connectivity index (χ0v) is 7.10. The largest absolute Gasteiger partial charge is 0.370 e. The Hall–Kier alpha value is -1.59. The van der Waals surface area contributed by atoms with Gasteiger partial charge in [-0.2, -0.15) is 5.06 Å². The Bertz CT molecular complexity index is 239. The number of hydrogen-bond acceptors (Lipinski definition) is 5. The monoisotopic (exact) mass is 185 g/mol. The first-order chi connectivity index (χ1) is 6.18. The Morgan fingerprint density at radius 3 is 2.85 bits per heavy atom. The van der Waals surface area contributed by atoms with E-state index in [1.807, 2.05) is 0 Å². The van der Waals surface area contributed by atoms with Gasteiger partial charge in [-0.1, -0.05) is 0 Å². The fourth-order valence-corrected chi connectivity index (χ4v) is 0.834. The average molecular weight is 185 g/mol. The van der Waals surface area contributed by atoms with Crippen molar-refractivity contribution in [2.45, 2.75) is 12.8 Å². The Balaban J connectivity index is 2.17. The Morgan fingerprint density at radius 2 is 2.31 bits per heavy atom. The van der Waals surface area contributed by atoms with Crippen LogP contribution in [0.4, 0.5) is 0 Å². The van der Waals surface area contributed by atoms with Gasteiger partial charge in [0, 0.05) is 6.42 Å². The lowest BCUT2D eigenvalue weighted by atomic mass is 10.3. The van der Waals surface area contributed by atoms with Crippen LogP contribution in [0, 0.1) is 0 Å². The molecule has 0 radical (unpaired) electrons. The molecule has 6 nitrogen and oxygen atoms in total. The number of primary amides is 1. The molecular weight excluding hydrogens is 174 g/mol. The lowest BCUT2D eigenvalue weighted by Crippen LogP contribution is -2.25. The maximum Gasteiger partial charge on any atom is 0.332 e. The lowest BCUT2D eigenvalue weighted by molar-refractivity contribution is -0.170. The second kappa shape index (κ2) is 4.44. The van der Waals surface area contributed by atoms with Gasteiger partial charge in [0.15, 0.2) is 0 Å². The smallest absolute Gasteiger partial charge is 0.332 e. The minimum atomic E-state index is -0.507. The van der Waals surface area contributed by atoms with E-state index >= 15 is 0 Å². The zero-order chi connectivity index (χ0) is 9.68. The van der Waals surface area contributed by atoms with E-state index in [0.29, 0.717) is 13.1 Å². The molecule has 0 aromatic carbocycles. The highest BCUT2D eigenvalue weighted by Crippen LogP contribution is 1.98. The van der Waals surface area contributed by atoms with Crippen LogP contribution in [0.25, 0.3) is 0 Å². The molecule has 1 amide bonds. The van der Waals surface area contributed by atoms with Gasteiger partial charge in [-0.3, -0.25) is 9.79 Å². The van der Waals surface area contributed by atoms with E-state index in [-0.39, 0.29) is 12.8 Å². The summed E-state index contributed by atoms with van der Waals surface area (Å²) in [6, 6.07) is 0. The van der Waals surface area contributed by atoms with Crippen molar-refractivity contribution in [1.82, 2.24) is 5.06 Å². The Kier molecular flexibility index (Phi) is 3.24. The number of hydroxylamine groups is 2. The Labute approximate surface area is 75.3 Å². The molecule has 6 heteroatoms. The van der Waals surface area contributed by atoms with E-state index in [9.17, 15) is 9.59 Å². The number of hydrogen-bond donors (Lipinski definition) is 1. The Morgan fingerprint density at radius 1 is 1.54 bits per heavy atom. The van der Waals surface area contributed by atoms with Crippen LogP contribution in [0.1, 0.15) is 12.8 Å². The summed E-state index contributed by atoms with van der Waals surface area (Å²) in [5, 5.41) is 1.34. The molecule has 0 bridgehead atoms. The summed E-state index contributed by atoms with van der Waals surface area (Å²) in [6.07, 6.45) is 1.48. The number of nitrogens with two attached hydrogens (primary N) is 1. The molecule has 0 fully saturated rings. The molecule has 0 atom stereocenters. The van der Waals surface area contributed by atoms with Crippen LogP contribution in [0.3, 0.4) is 0 Å². The third-order valence-corrected chi connectivity index (χ3v) is 1.45. The van der Waals surface area contributed by atoms with Gasteiger partial charge < -0.3 is 10.6 Å². The second-order valence-electron chi connectivity index (χ2n) is 2.59. The molecule has 1 aliphatic heterocycles. The summed E-state index contributed by atoms with van der Waals surface area (Å²) in [5.41, 5.74) is 4.86. The molecule has 1 heterocycles. The van der Waals surface area contributed by atoms with Crippen molar-refractivity contribution >= 4 is 18.2 Å². The normalized spacial score (nSPS) is 14.6. The highest BCUT2D eigenvalue weighted by Gasteiger charge is 2.12.